The van der Waals surface area contributed by atoms with Crippen LogP contribution in [-0.2, 0) is 9.59 Å². The van der Waals surface area contributed by atoms with Crippen molar-refractivity contribution in [1.82, 2.24) is 9.99 Å². The zero-order valence-corrected chi connectivity index (χ0v) is 18.0. The van der Waals surface area contributed by atoms with E-state index in [2.05, 4.69) is 16.0 Å². The van der Waals surface area contributed by atoms with Crippen LogP contribution in [0.25, 0.3) is 10.8 Å². The van der Waals surface area contributed by atoms with Crippen LogP contribution in [0, 0.1) is 0 Å². The minimum Gasteiger partial charge on any atom is -0.364 e. The fourth-order valence-corrected chi connectivity index (χ4v) is 5.55. The third-order valence-electron chi connectivity index (χ3n) is 7.07. The lowest BCUT2D eigenvalue weighted by molar-refractivity contribution is -0.149. The highest BCUT2D eigenvalue weighted by atomic mass is 16.2. The van der Waals surface area contributed by atoms with Gasteiger partial charge in [-0.05, 0) is 49.1 Å². The molecule has 8 nitrogen and oxygen atoms in total. The summed E-state index contributed by atoms with van der Waals surface area (Å²) in [4.78, 5) is 46.3. The number of nitrogens with zero attached hydrogens (tertiary/aromatic N) is 4. The number of hydrogen-bond donors (Lipinski definition) is 1. The number of anilines is 2. The molecule has 2 saturated heterocycles. The van der Waals surface area contributed by atoms with E-state index in [0.29, 0.717) is 16.3 Å². The second-order valence-corrected chi connectivity index (χ2v) is 8.80. The minimum atomic E-state index is -0.781. The van der Waals surface area contributed by atoms with Gasteiger partial charge in [0, 0.05) is 41.8 Å². The van der Waals surface area contributed by atoms with E-state index in [-0.39, 0.29) is 24.8 Å². The lowest BCUT2D eigenvalue weighted by Crippen LogP contribution is -2.58. The molecule has 0 spiro atoms. The van der Waals surface area contributed by atoms with Crippen molar-refractivity contribution < 1.29 is 14.4 Å². The van der Waals surface area contributed by atoms with Crippen molar-refractivity contribution in [2.45, 2.75) is 37.8 Å². The molecule has 2 aromatic carbocycles. The molecule has 3 amide bonds. The van der Waals surface area contributed by atoms with E-state index in [1.165, 1.54) is 10.5 Å². The van der Waals surface area contributed by atoms with E-state index in [9.17, 15) is 14.4 Å². The average molecular weight is 441 g/mol. The fourth-order valence-electron chi connectivity index (χ4n) is 5.55. The number of pyridine rings is 1. The molecule has 2 unspecified atom stereocenters. The summed E-state index contributed by atoms with van der Waals surface area (Å²) in [6, 6.07) is 13.2. The summed E-state index contributed by atoms with van der Waals surface area (Å²) >= 11 is 0. The number of carbonyl (C=O) groups excluding carboxylic acids is 3. The average Bonchev–Trinajstić information content (AvgIpc) is 3.43. The normalized spacial score (nSPS) is 22.7. The van der Waals surface area contributed by atoms with Crippen molar-refractivity contribution in [3.05, 3.63) is 66.0 Å². The summed E-state index contributed by atoms with van der Waals surface area (Å²) < 4.78 is 0. The number of piperidine rings is 1. The zero-order chi connectivity index (χ0) is 22.7. The van der Waals surface area contributed by atoms with Gasteiger partial charge in [-0.15, -0.1) is 0 Å². The number of amides is 3. The van der Waals surface area contributed by atoms with Crippen LogP contribution in [0.5, 0.6) is 0 Å². The van der Waals surface area contributed by atoms with Gasteiger partial charge >= 0.3 is 0 Å². The Labute approximate surface area is 190 Å². The quantitative estimate of drug-likeness (QED) is 0.381. The maximum absolute atomic E-state index is 13.4. The predicted octanol–water partition coefficient (Wildman–Crippen LogP) is 2.93. The Bertz CT molecular complexity index is 1310. The van der Waals surface area contributed by atoms with Gasteiger partial charge in [0.25, 0.3) is 11.8 Å². The van der Waals surface area contributed by atoms with Gasteiger partial charge in [-0.3, -0.25) is 24.3 Å². The highest BCUT2D eigenvalue weighted by molar-refractivity contribution is 6.28. The van der Waals surface area contributed by atoms with Gasteiger partial charge in [-0.1, -0.05) is 18.2 Å². The summed E-state index contributed by atoms with van der Waals surface area (Å²) in [5.74, 6) is 4.51. The number of hydrazine groups is 1. The second kappa shape index (κ2) is 7.38. The molecule has 0 radical (unpaired) electrons. The molecule has 33 heavy (non-hydrogen) atoms. The molecule has 0 aliphatic carbocycles. The van der Waals surface area contributed by atoms with E-state index in [0.717, 1.165) is 35.8 Å². The monoisotopic (exact) mass is 441 g/mol. The first-order valence-electron chi connectivity index (χ1n) is 11.2. The zero-order valence-electron chi connectivity index (χ0n) is 18.0. The molecule has 0 bridgehead atoms. The number of imide groups is 1. The summed E-state index contributed by atoms with van der Waals surface area (Å²) in [7, 11) is 0. The molecule has 2 N–H and O–H groups in total. The first-order valence-corrected chi connectivity index (χ1v) is 11.2. The summed E-state index contributed by atoms with van der Waals surface area (Å²) in [6.07, 6.45) is 6.22. The van der Waals surface area contributed by atoms with Crippen LogP contribution in [0.3, 0.4) is 0 Å². The number of benzene rings is 2. The number of hydrogen-bond acceptors (Lipinski definition) is 6. The summed E-state index contributed by atoms with van der Waals surface area (Å²) in [6.45, 7) is 0.918. The standard InChI is InChI=1S/C25H23N5O3/c26-30-22(31)11-10-21(25(30)33)29-20-6-1-5-16-19(9-8-17(23(16)20)24(29)32)28-13-3-7-18(28)15-4-2-12-27-14-15/h1-2,4-6,8-9,12,14,18,21H,3,7,10-11,13,26H2. The first-order chi connectivity index (χ1) is 16.1. The summed E-state index contributed by atoms with van der Waals surface area (Å²) in [5.41, 5.74) is 3.53. The topological polar surface area (TPSA) is 99.8 Å². The molecule has 1 aromatic heterocycles. The molecule has 3 aliphatic rings. The van der Waals surface area contributed by atoms with Crippen LogP contribution < -0.4 is 15.6 Å². The Morgan fingerprint density at radius 3 is 2.64 bits per heavy atom. The largest absolute Gasteiger partial charge is 0.364 e. The van der Waals surface area contributed by atoms with Crippen molar-refractivity contribution in [2.75, 3.05) is 16.3 Å². The first kappa shape index (κ1) is 19.9. The van der Waals surface area contributed by atoms with Crippen LogP contribution in [0.2, 0.25) is 0 Å². The van der Waals surface area contributed by atoms with Crippen molar-refractivity contribution in [1.29, 1.82) is 0 Å². The lowest BCUT2D eigenvalue weighted by Gasteiger charge is -2.33. The molecule has 2 fully saturated rings. The van der Waals surface area contributed by atoms with E-state index in [4.69, 9.17) is 5.84 Å². The van der Waals surface area contributed by atoms with Crippen molar-refractivity contribution in [3.8, 4) is 0 Å². The number of nitrogens with two attached hydrogens (primary N) is 1. The minimum absolute atomic E-state index is 0.134. The maximum Gasteiger partial charge on any atom is 0.266 e. The van der Waals surface area contributed by atoms with Crippen LogP contribution >= 0.6 is 0 Å². The molecule has 6 rings (SSSR count). The Morgan fingerprint density at radius 2 is 1.82 bits per heavy atom. The van der Waals surface area contributed by atoms with Crippen molar-refractivity contribution >= 4 is 39.9 Å². The van der Waals surface area contributed by atoms with Crippen LogP contribution in [0.4, 0.5) is 11.4 Å². The highest BCUT2D eigenvalue weighted by Crippen LogP contribution is 2.46. The van der Waals surface area contributed by atoms with Gasteiger partial charge in [-0.25, -0.2) is 10.9 Å². The Morgan fingerprint density at radius 1 is 0.939 bits per heavy atom. The van der Waals surface area contributed by atoms with E-state index >= 15 is 0 Å². The Hall–Kier alpha value is -3.78. The number of rotatable bonds is 3. The van der Waals surface area contributed by atoms with E-state index in [1.54, 1.807) is 6.20 Å². The van der Waals surface area contributed by atoms with Gasteiger partial charge in [0.2, 0.25) is 5.91 Å². The molecule has 3 aliphatic heterocycles. The van der Waals surface area contributed by atoms with Crippen LogP contribution in [0.15, 0.2) is 54.9 Å². The number of aromatic nitrogens is 1. The molecule has 0 saturated carbocycles. The molecular formula is C25H23N5O3. The van der Waals surface area contributed by atoms with Crippen LogP contribution in [-0.4, -0.2) is 40.3 Å². The highest BCUT2D eigenvalue weighted by Gasteiger charge is 2.43. The van der Waals surface area contributed by atoms with Crippen molar-refractivity contribution in [2.24, 2.45) is 5.84 Å². The molecular weight excluding hydrogens is 418 g/mol. The van der Waals surface area contributed by atoms with Gasteiger partial charge < -0.3 is 4.90 Å². The van der Waals surface area contributed by atoms with E-state index in [1.807, 2.05) is 42.6 Å². The smallest absolute Gasteiger partial charge is 0.266 e. The van der Waals surface area contributed by atoms with Gasteiger partial charge in [0.05, 0.1) is 17.3 Å². The fraction of sp³-hybridized carbons (Fsp3) is 0.280. The molecule has 2 atom stereocenters. The van der Waals surface area contributed by atoms with Gasteiger partial charge in [0.1, 0.15) is 6.04 Å². The second-order valence-electron chi connectivity index (χ2n) is 8.80. The van der Waals surface area contributed by atoms with Gasteiger partial charge in [-0.2, -0.15) is 0 Å². The maximum atomic E-state index is 13.4. The lowest BCUT2D eigenvalue weighted by atomic mass is 10.0. The van der Waals surface area contributed by atoms with E-state index < -0.39 is 17.9 Å². The third-order valence-corrected chi connectivity index (χ3v) is 7.07. The molecule has 166 valence electrons. The number of carbonyl (C=O) groups is 3. The molecule has 4 heterocycles. The van der Waals surface area contributed by atoms with Crippen LogP contribution in [0.1, 0.15) is 47.6 Å². The Balaban J connectivity index is 1.45. The third kappa shape index (κ3) is 2.87. The molecule has 8 heteroatoms. The summed E-state index contributed by atoms with van der Waals surface area (Å²) in [5, 5.41) is 2.49. The predicted molar refractivity (Wildman–Crippen MR) is 123 cm³/mol. The van der Waals surface area contributed by atoms with Crippen molar-refractivity contribution in [3.63, 3.8) is 0 Å². The Kier molecular flexibility index (Phi) is 4.45. The van der Waals surface area contributed by atoms with Gasteiger partial charge in [0.15, 0.2) is 0 Å². The SMILES string of the molecule is NN1C(=O)CCC(N2C(=O)c3ccc(N4CCCC4c4cccnc4)c4cccc2c34)C1=O. The molecule has 3 aromatic rings.